The molecular weight excluding hydrogens is 510 g/mol. The van der Waals surface area contributed by atoms with Crippen molar-refractivity contribution in [1.29, 1.82) is 0 Å². The second kappa shape index (κ2) is 10.4. The second-order valence-corrected chi connectivity index (χ2v) is 10.7. The van der Waals surface area contributed by atoms with E-state index >= 15 is 0 Å². The maximum Gasteiger partial charge on any atom is 0.249 e. The summed E-state index contributed by atoms with van der Waals surface area (Å²) in [5.41, 5.74) is 2.48. The van der Waals surface area contributed by atoms with Gasteiger partial charge in [0.25, 0.3) is 0 Å². The van der Waals surface area contributed by atoms with Gasteiger partial charge in [-0.05, 0) is 65.1 Å². The number of halogens is 1. The largest absolute Gasteiger partial charge is 0.497 e. The van der Waals surface area contributed by atoms with Crippen molar-refractivity contribution in [2.24, 2.45) is 4.99 Å². The predicted octanol–water partition coefficient (Wildman–Crippen LogP) is 5.80. The zero-order valence-electron chi connectivity index (χ0n) is 21.7. The molecule has 1 atom stereocenters. The first-order chi connectivity index (χ1) is 18.9. The molecule has 0 radical (unpaired) electrons. The highest BCUT2D eigenvalue weighted by Crippen LogP contribution is 2.36. The number of benzene rings is 4. The highest BCUT2D eigenvalue weighted by Gasteiger charge is 2.37. The second-order valence-electron chi connectivity index (χ2n) is 10.3. The number of carbonyl (C=O) groups excluding carboxylic acids is 1. The number of hydrogen-bond donors (Lipinski definition) is 2. The van der Waals surface area contributed by atoms with Gasteiger partial charge in [0.15, 0.2) is 0 Å². The number of aliphatic hydroxyl groups is 1. The lowest BCUT2D eigenvalue weighted by atomic mass is 9.84. The summed E-state index contributed by atoms with van der Waals surface area (Å²) in [4.78, 5) is 20.6. The number of fused-ring (bicyclic) bond motifs is 2. The molecule has 1 unspecified atom stereocenters. The van der Waals surface area contributed by atoms with Gasteiger partial charge in [-0.3, -0.25) is 9.79 Å². The van der Waals surface area contributed by atoms with Gasteiger partial charge in [-0.2, -0.15) is 0 Å². The van der Waals surface area contributed by atoms with E-state index in [9.17, 15) is 9.90 Å². The lowest BCUT2D eigenvalue weighted by Crippen LogP contribution is -2.45. The Morgan fingerprint density at radius 2 is 1.74 bits per heavy atom. The topological polar surface area (TPSA) is 74.2 Å². The van der Waals surface area contributed by atoms with E-state index in [4.69, 9.17) is 21.3 Å². The molecule has 7 heteroatoms. The van der Waals surface area contributed by atoms with Crippen molar-refractivity contribution in [3.63, 3.8) is 0 Å². The van der Waals surface area contributed by atoms with E-state index in [1.165, 1.54) is 0 Å². The quantitative estimate of drug-likeness (QED) is 0.344. The van der Waals surface area contributed by atoms with Crippen molar-refractivity contribution in [3.8, 4) is 5.75 Å². The van der Waals surface area contributed by atoms with E-state index in [1.54, 1.807) is 13.2 Å². The summed E-state index contributed by atoms with van der Waals surface area (Å²) < 4.78 is 5.27. The first kappa shape index (κ1) is 25.4. The average molecular weight is 540 g/mol. The fourth-order valence-corrected chi connectivity index (χ4v) is 5.73. The number of carbonyl (C=O) groups is 1. The third-order valence-corrected chi connectivity index (χ3v) is 8.06. The number of nitrogens with zero attached hydrogens (tertiary/aromatic N) is 2. The first-order valence-electron chi connectivity index (χ1n) is 13.2. The molecule has 2 heterocycles. The molecule has 2 N–H and O–H groups in total. The van der Waals surface area contributed by atoms with Gasteiger partial charge in [0.2, 0.25) is 5.91 Å². The summed E-state index contributed by atoms with van der Waals surface area (Å²) in [6, 6.07) is 27.0. The van der Waals surface area contributed by atoms with Gasteiger partial charge in [-0.25, -0.2) is 0 Å². The SMILES string of the molecule is COc1ccc(C2(O)CCN(C3=NC(Cc4ccc5ccccc5c4)C(=O)Nc4ccc(Cl)cc43)CC2)cc1. The molecule has 0 aromatic heterocycles. The van der Waals surface area contributed by atoms with Crippen LogP contribution in [0, 0.1) is 0 Å². The summed E-state index contributed by atoms with van der Waals surface area (Å²) in [6.07, 6.45) is 1.54. The molecule has 1 amide bonds. The van der Waals surface area contributed by atoms with E-state index < -0.39 is 11.6 Å². The van der Waals surface area contributed by atoms with E-state index in [2.05, 4.69) is 40.5 Å². The number of methoxy groups -OCH3 is 1. The molecule has 198 valence electrons. The van der Waals surface area contributed by atoms with Crippen LogP contribution in [0.2, 0.25) is 5.02 Å². The molecule has 0 spiro atoms. The molecule has 2 aliphatic rings. The summed E-state index contributed by atoms with van der Waals surface area (Å²) >= 11 is 6.41. The molecule has 1 fully saturated rings. The number of amides is 1. The summed E-state index contributed by atoms with van der Waals surface area (Å²) in [6.45, 7) is 1.18. The Balaban J connectivity index is 1.30. The van der Waals surface area contributed by atoms with Crippen LogP contribution < -0.4 is 10.1 Å². The first-order valence-corrected chi connectivity index (χ1v) is 13.6. The van der Waals surface area contributed by atoms with Crippen molar-refractivity contribution in [1.82, 2.24) is 4.90 Å². The van der Waals surface area contributed by atoms with Crippen LogP contribution in [-0.4, -0.2) is 48.0 Å². The zero-order chi connectivity index (χ0) is 27.0. The van der Waals surface area contributed by atoms with Crippen molar-refractivity contribution in [3.05, 3.63) is 107 Å². The Morgan fingerprint density at radius 3 is 2.49 bits per heavy atom. The standard InChI is InChI=1S/C32H30ClN3O3/c1-39-26-11-8-24(9-12-26)32(38)14-16-36(17-15-32)30-27-20-25(33)10-13-28(27)35-31(37)29(34-30)19-21-6-7-22-4-2-3-5-23(22)18-21/h2-13,18,20,29,38H,14-17,19H2,1H3,(H,35,37). The Bertz CT molecular complexity index is 1560. The molecular formula is C32H30ClN3O3. The third-order valence-electron chi connectivity index (χ3n) is 7.82. The van der Waals surface area contributed by atoms with E-state index in [1.807, 2.05) is 48.5 Å². The monoisotopic (exact) mass is 539 g/mol. The van der Waals surface area contributed by atoms with Gasteiger partial charge in [0, 0.05) is 30.1 Å². The normalized spacial score (nSPS) is 18.6. The van der Waals surface area contributed by atoms with Gasteiger partial charge >= 0.3 is 0 Å². The highest BCUT2D eigenvalue weighted by molar-refractivity contribution is 6.31. The maximum absolute atomic E-state index is 13.4. The van der Waals surface area contributed by atoms with Gasteiger partial charge < -0.3 is 20.1 Å². The zero-order valence-corrected chi connectivity index (χ0v) is 22.5. The van der Waals surface area contributed by atoms with Crippen LogP contribution in [0.25, 0.3) is 10.8 Å². The van der Waals surface area contributed by atoms with Crippen LogP contribution in [0.3, 0.4) is 0 Å². The Hall–Kier alpha value is -3.87. The number of rotatable bonds is 4. The minimum atomic E-state index is -0.941. The molecule has 0 bridgehead atoms. The molecule has 6 rings (SSSR count). The summed E-state index contributed by atoms with van der Waals surface area (Å²) in [5, 5.41) is 17.5. The molecule has 6 nitrogen and oxygen atoms in total. The number of aliphatic imine (C=N–C) groups is 1. The smallest absolute Gasteiger partial charge is 0.249 e. The number of ether oxygens (including phenoxy) is 1. The molecule has 0 aliphatic carbocycles. The minimum Gasteiger partial charge on any atom is -0.497 e. The minimum absolute atomic E-state index is 0.145. The van der Waals surface area contributed by atoms with Crippen LogP contribution >= 0.6 is 11.6 Å². The van der Waals surface area contributed by atoms with Gasteiger partial charge in [-0.15, -0.1) is 0 Å². The van der Waals surface area contributed by atoms with Crippen LogP contribution in [0.5, 0.6) is 5.75 Å². The van der Waals surface area contributed by atoms with Crippen molar-refractivity contribution in [2.45, 2.75) is 30.9 Å². The van der Waals surface area contributed by atoms with Crippen LogP contribution in [-0.2, 0) is 16.8 Å². The molecule has 39 heavy (non-hydrogen) atoms. The van der Waals surface area contributed by atoms with Gasteiger partial charge in [0.1, 0.15) is 17.6 Å². The van der Waals surface area contributed by atoms with Crippen molar-refractivity contribution >= 4 is 39.8 Å². The van der Waals surface area contributed by atoms with Crippen LogP contribution in [0.4, 0.5) is 5.69 Å². The van der Waals surface area contributed by atoms with Crippen LogP contribution in [0.15, 0.2) is 89.9 Å². The van der Waals surface area contributed by atoms with Crippen LogP contribution in [0.1, 0.15) is 29.5 Å². The molecule has 2 aliphatic heterocycles. The van der Waals surface area contributed by atoms with E-state index in [0.717, 1.165) is 39.0 Å². The fraction of sp³-hybridized carbons (Fsp3) is 0.250. The Labute approximate surface area is 232 Å². The number of piperidine rings is 1. The van der Waals surface area contributed by atoms with Crippen molar-refractivity contribution < 1.29 is 14.6 Å². The Morgan fingerprint density at radius 1 is 1.00 bits per heavy atom. The van der Waals surface area contributed by atoms with E-state index in [0.29, 0.717) is 43.1 Å². The molecule has 1 saturated heterocycles. The number of anilines is 1. The molecule has 0 saturated carbocycles. The number of hydrogen-bond acceptors (Lipinski definition) is 5. The Kier molecular flexibility index (Phi) is 6.75. The van der Waals surface area contributed by atoms with Crippen molar-refractivity contribution in [2.75, 3.05) is 25.5 Å². The fourth-order valence-electron chi connectivity index (χ4n) is 5.56. The summed E-state index contributed by atoms with van der Waals surface area (Å²) in [5.74, 6) is 1.35. The lowest BCUT2D eigenvalue weighted by molar-refractivity contribution is -0.117. The maximum atomic E-state index is 13.4. The van der Waals surface area contributed by atoms with Gasteiger partial charge in [-0.1, -0.05) is 66.2 Å². The van der Waals surface area contributed by atoms with E-state index in [-0.39, 0.29) is 5.91 Å². The number of nitrogens with one attached hydrogen (secondary N) is 1. The highest BCUT2D eigenvalue weighted by atomic mass is 35.5. The summed E-state index contributed by atoms with van der Waals surface area (Å²) in [7, 11) is 1.63. The van der Waals surface area contributed by atoms with Gasteiger partial charge in [0.05, 0.1) is 18.4 Å². The lowest BCUT2D eigenvalue weighted by Gasteiger charge is -2.40. The average Bonchev–Trinajstić information content (AvgIpc) is 3.09. The number of likely N-dealkylation sites (tertiary alicyclic amines) is 1. The third kappa shape index (κ3) is 5.10. The number of benzodiazepines with no additional fused rings is 1. The molecule has 4 aromatic rings. The predicted molar refractivity (Wildman–Crippen MR) is 156 cm³/mol. The number of amidine groups is 1. The molecule has 4 aromatic carbocycles.